The fourth-order valence-corrected chi connectivity index (χ4v) is 2.02. The Balaban J connectivity index is 2.18. The first kappa shape index (κ1) is 10.5. The maximum atomic E-state index is 5.62. The molecule has 0 fully saturated rings. The highest BCUT2D eigenvalue weighted by atomic mass is 79.9. The van der Waals surface area contributed by atoms with E-state index in [0.29, 0.717) is 11.6 Å². The number of hydrogen-bond donors (Lipinski definition) is 0. The average Bonchev–Trinajstić information content (AvgIpc) is 2.72. The summed E-state index contributed by atoms with van der Waals surface area (Å²) < 4.78 is 6.52. The monoisotopic (exact) mass is 288 g/mol. The van der Waals surface area contributed by atoms with Crippen LogP contribution in [0.15, 0.2) is 45.4 Å². The summed E-state index contributed by atoms with van der Waals surface area (Å²) in [5.41, 5.74) is 3.47. The fourth-order valence-electron chi connectivity index (χ4n) is 1.70. The molecule has 3 nitrogen and oxygen atoms in total. The largest absolute Gasteiger partial charge is 0.418 e. The van der Waals surface area contributed by atoms with Crippen LogP contribution in [0.4, 0.5) is 0 Å². The van der Waals surface area contributed by atoms with E-state index < -0.39 is 0 Å². The Morgan fingerprint density at radius 2 is 2.12 bits per heavy atom. The SMILES string of the molecule is Cc1cccc(-c2nc3cc(Br)cnc3o2)c1. The third-order valence-electron chi connectivity index (χ3n) is 2.48. The summed E-state index contributed by atoms with van der Waals surface area (Å²) in [6, 6.07) is 9.95. The van der Waals surface area contributed by atoms with Gasteiger partial charge in [-0.15, -0.1) is 0 Å². The summed E-state index contributed by atoms with van der Waals surface area (Å²) in [6.45, 7) is 2.04. The molecule has 2 aromatic heterocycles. The van der Waals surface area contributed by atoms with Gasteiger partial charge in [0.25, 0.3) is 0 Å². The van der Waals surface area contributed by atoms with Crippen LogP contribution >= 0.6 is 15.9 Å². The molecule has 3 aromatic rings. The van der Waals surface area contributed by atoms with Crippen LogP contribution in [0.5, 0.6) is 0 Å². The molecule has 2 heterocycles. The molecule has 0 amide bonds. The van der Waals surface area contributed by atoms with Crippen LogP contribution in [0, 0.1) is 6.92 Å². The van der Waals surface area contributed by atoms with Crippen LogP contribution < -0.4 is 0 Å². The summed E-state index contributed by atoms with van der Waals surface area (Å²) in [5, 5.41) is 0. The van der Waals surface area contributed by atoms with Gasteiger partial charge >= 0.3 is 0 Å². The molecule has 0 unspecified atom stereocenters. The van der Waals surface area contributed by atoms with Crippen LogP contribution in [-0.2, 0) is 0 Å². The molecule has 0 aliphatic rings. The van der Waals surface area contributed by atoms with E-state index in [4.69, 9.17) is 4.42 Å². The molecular formula is C13H9BrN2O. The normalized spacial score (nSPS) is 10.9. The molecule has 0 saturated carbocycles. The van der Waals surface area contributed by atoms with Gasteiger partial charge in [-0.25, -0.2) is 9.97 Å². The Morgan fingerprint density at radius 3 is 2.94 bits per heavy atom. The second-order valence-corrected chi connectivity index (χ2v) is 4.78. The molecular weight excluding hydrogens is 280 g/mol. The van der Waals surface area contributed by atoms with Gasteiger partial charge < -0.3 is 4.42 Å². The fraction of sp³-hybridized carbons (Fsp3) is 0.0769. The molecule has 1 aromatic carbocycles. The maximum Gasteiger partial charge on any atom is 0.247 e. The molecule has 0 radical (unpaired) electrons. The third-order valence-corrected chi connectivity index (χ3v) is 2.91. The van der Waals surface area contributed by atoms with Crippen molar-refractivity contribution in [2.45, 2.75) is 6.92 Å². The van der Waals surface area contributed by atoms with E-state index in [1.807, 2.05) is 37.3 Å². The Bertz CT molecular complexity index is 691. The van der Waals surface area contributed by atoms with E-state index in [-0.39, 0.29) is 0 Å². The van der Waals surface area contributed by atoms with Crippen LogP contribution in [-0.4, -0.2) is 9.97 Å². The van der Waals surface area contributed by atoms with Crippen molar-refractivity contribution in [3.8, 4) is 11.5 Å². The summed E-state index contributed by atoms with van der Waals surface area (Å²) >= 11 is 3.37. The minimum absolute atomic E-state index is 0.560. The van der Waals surface area contributed by atoms with Crippen LogP contribution in [0.1, 0.15) is 5.56 Å². The minimum Gasteiger partial charge on any atom is -0.418 e. The number of aryl methyl sites for hydroxylation is 1. The molecule has 17 heavy (non-hydrogen) atoms. The van der Waals surface area contributed by atoms with Crippen LogP contribution in [0.3, 0.4) is 0 Å². The molecule has 0 spiro atoms. The number of aromatic nitrogens is 2. The van der Waals surface area contributed by atoms with Crippen molar-refractivity contribution in [1.29, 1.82) is 0 Å². The van der Waals surface area contributed by atoms with E-state index in [1.54, 1.807) is 6.20 Å². The van der Waals surface area contributed by atoms with Crippen molar-refractivity contribution < 1.29 is 4.42 Å². The van der Waals surface area contributed by atoms with Gasteiger partial charge in [0.15, 0.2) is 0 Å². The zero-order chi connectivity index (χ0) is 11.8. The van der Waals surface area contributed by atoms with Gasteiger partial charge in [-0.1, -0.05) is 17.7 Å². The number of oxazole rings is 1. The van der Waals surface area contributed by atoms with Crippen molar-refractivity contribution in [3.05, 3.63) is 46.6 Å². The molecule has 0 aliphatic heterocycles. The first-order valence-electron chi connectivity index (χ1n) is 5.21. The van der Waals surface area contributed by atoms with Crippen molar-refractivity contribution in [2.24, 2.45) is 0 Å². The lowest BCUT2D eigenvalue weighted by Crippen LogP contribution is -1.78. The van der Waals surface area contributed by atoms with Gasteiger partial charge in [0.05, 0.1) is 0 Å². The van der Waals surface area contributed by atoms with E-state index in [0.717, 1.165) is 15.6 Å². The van der Waals surface area contributed by atoms with Gasteiger partial charge in [-0.3, -0.25) is 0 Å². The van der Waals surface area contributed by atoms with Crippen molar-refractivity contribution in [2.75, 3.05) is 0 Å². The van der Waals surface area contributed by atoms with Crippen molar-refractivity contribution in [1.82, 2.24) is 9.97 Å². The molecule has 0 N–H and O–H groups in total. The summed E-state index contributed by atoms with van der Waals surface area (Å²) in [6.07, 6.45) is 1.70. The van der Waals surface area contributed by atoms with Crippen LogP contribution in [0.2, 0.25) is 0 Å². The van der Waals surface area contributed by atoms with Crippen LogP contribution in [0.25, 0.3) is 22.7 Å². The predicted molar refractivity (Wildman–Crippen MR) is 69.7 cm³/mol. The molecule has 4 heteroatoms. The summed E-state index contributed by atoms with van der Waals surface area (Å²) in [4.78, 5) is 8.60. The Morgan fingerprint density at radius 1 is 1.24 bits per heavy atom. The topological polar surface area (TPSA) is 38.9 Å². The Kier molecular flexibility index (Phi) is 2.44. The minimum atomic E-state index is 0.560. The number of halogens is 1. The number of hydrogen-bond acceptors (Lipinski definition) is 3. The first-order chi connectivity index (χ1) is 8.22. The molecule has 0 atom stereocenters. The van der Waals surface area contributed by atoms with E-state index in [9.17, 15) is 0 Å². The first-order valence-corrected chi connectivity index (χ1v) is 6.01. The Labute approximate surface area is 107 Å². The smallest absolute Gasteiger partial charge is 0.247 e. The second kappa shape index (κ2) is 3.96. The van der Waals surface area contributed by atoms with Crippen molar-refractivity contribution >= 4 is 27.2 Å². The lowest BCUT2D eigenvalue weighted by atomic mass is 10.1. The van der Waals surface area contributed by atoms with Gasteiger partial charge in [0.2, 0.25) is 11.6 Å². The van der Waals surface area contributed by atoms with Gasteiger partial charge in [-0.2, -0.15) is 0 Å². The lowest BCUT2D eigenvalue weighted by molar-refractivity contribution is 0.607. The molecule has 3 rings (SSSR count). The Hall–Kier alpha value is -1.68. The number of fused-ring (bicyclic) bond motifs is 1. The molecule has 84 valence electrons. The highest BCUT2D eigenvalue weighted by Crippen LogP contribution is 2.25. The maximum absolute atomic E-state index is 5.62. The number of rotatable bonds is 1. The van der Waals surface area contributed by atoms with Crippen molar-refractivity contribution in [3.63, 3.8) is 0 Å². The summed E-state index contributed by atoms with van der Waals surface area (Å²) in [5.74, 6) is 0.606. The van der Waals surface area contributed by atoms with E-state index in [1.165, 1.54) is 5.56 Å². The second-order valence-electron chi connectivity index (χ2n) is 3.87. The zero-order valence-corrected chi connectivity index (χ0v) is 10.7. The quantitative estimate of drug-likeness (QED) is 0.680. The van der Waals surface area contributed by atoms with E-state index >= 15 is 0 Å². The highest BCUT2D eigenvalue weighted by Gasteiger charge is 2.09. The molecule has 0 saturated heterocycles. The number of pyridine rings is 1. The van der Waals surface area contributed by atoms with Gasteiger partial charge in [0.1, 0.15) is 5.52 Å². The predicted octanol–water partition coefficient (Wildman–Crippen LogP) is 3.96. The number of benzene rings is 1. The average molecular weight is 289 g/mol. The lowest BCUT2D eigenvalue weighted by Gasteiger charge is -1.95. The standard InChI is InChI=1S/C13H9BrN2O/c1-8-3-2-4-9(5-8)12-16-11-6-10(14)7-15-13(11)17-12/h2-7H,1H3. The molecule has 0 aliphatic carbocycles. The van der Waals surface area contributed by atoms with Gasteiger partial charge in [0, 0.05) is 16.2 Å². The van der Waals surface area contributed by atoms with Gasteiger partial charge in [-0.05, 0) is 41.1 Å². The highest BCUT2D eigenvalue weighted by molar-refractivity contribution is 9.10. The number of nitrogens with zero attached hydrogens (tertiary/aromatic N) is 2. The third kappa shape index (κ3) is 1.96. The molecule has 0 bridgehead atoms. The van der Waals surface area contributed by atoms with E-state index in [2.05, 4.69) is 25.9 Å². The zero-order valence-electron chi connectivity index (χ0n) is 9.14. The summed E-state index contributed by atoms with van der Waals surface area (Å²) in [7, 11) is 0.